The van der Waals surface area contributed by atoms with Gasteiger partial charge in [-0.05, 0) is 31.8 Å². The molecule has 2 heteroatoms. The summed E-state index contributed by atoms with van der Waals surface area (Å²) in [6.07, 6.45) is 1.77. The van der Waals surface area contributed by atoms with Crippen LogP contribution in [0.1, 0.15) is 33.6 Å². The first kappa shape index (κ1) is 9.97. The van der Waals surface area contributed by atoms with Crippen molar-refractivity contribution in [3.8, 4) is 0 Å². The molecule has 0 aromatic rings. The van der Waals surface area contributed by atoms with Crippen LogP contribution in [-0.2, 0) is 0 Å². The maximum atomic E-state index is 14.1. The standard InChI is InChI=1S/C10H20FN/c1-4-12-7-5-6-10(11,8-12)9(2)3/h9H,4-8H2,1-3H3/t10-/m0/s1. The second-order valence-electron chi connectivity index (χ2n) is 4.16. The Morgan fingerprint density at radius 2 is 2.17 bits per heavy atom. The monoisotopic (exact) mass is 173 g/mol. The van der Waals surface area contributed by atoms with Crippen molar-refractivity contribution in [2.24, 2.45) is 5.92 Å². The minimum absolute atomic E-state index is 0.159. The molecule has 1 fully saturated rings. The van der Waals surface area contributed by atoms with Crippen molar-refractivity contribution in [1.82, 2.24) is 4.90 Å². The lowest BCUT2D eigenvalue weighted by Gasteiger charge is -2.39. The number of nitrogens with zero attached hydrogens (tertiary/aromatic N) is 1. The predicted molar refractivity (Wildman–Crippen MR) is 50.0 cm³/mol. The molecule has 0 aliphatic carbocycles. The van der Waals surface area contributed by atoms with Crippen LogP contribution in [0.2, 0.25) is 0 Å². The summed E-state index contributed by atoms with van der Waals surface area (Å²) in [7, 11) is 0. The van der Waals surface area contributed by atoms with E-state index in [0.717, 1.165) is 25.9 Å². The normalized spacial score (nSPS) is 32.8. The Morgan fingerprint density at radius 1 is 1.50 bits per heavy atom. The number of likely N-dealkylation sites (tertiary alicyclic amines) is 1. The number of hydrogen-bond donors (Lipinski definition) is 0. The first-order valence-corrected chi connectivity index (χ1v) is 5.00. The van der Waals surface area contributed by atoms with Crippen LogP contribution in [-0.4, -0.2) is 30.2 Å². The van der Waals surface area contributed by atoms with Crippen molar-refractivity contribution in [2.45, 2.75) is 39.3 Å². The van der Waals surface area contributed by atoms with Crippen molar-refractivity contribution in [3.63, 3.8) is 0 Å². The van der Waals surface area contributed by atoms with Gasteiger partial charge in [0, 0.05) is 6.54 Å². The zero-order valence-electron chi connectivity index (χ0n) is 8.44. The molecule has 0 spiro atoms. The van der Waals surface area contributed by atoms with Gasteiger partial charge >= 0.3 is 0 Å². The van der Waals surface area contributed by atoms with E-state index in [-0.39, 0.29) is 5.92 Å². The topological polar surface area (TPSA) is 3.24 Å². The van der Waals surface area contributed by atoms with Crippen LogP contribution in [0.3, 0.4) is 0 Å². The zero-order chi connectivity index (χ0) is 9.19. The van der Waals surface area contributed by atoms with E-state index in [0.29, 0.717) is 6.54 Å². The Labute approximate surface area is 74.9 Å². The van der Waals surface area contributed by atoms with E-state index in [1.54, 1.807) is 0 Å². The van der Waals surface area contributed by atoms with E-state index >= 15 is 0 Å². The van der Waals surface area contributed by atoms with E-state index in [9.17, 15) is 4.39 Å². The molecule has 0 unspecified atom stereocenters. The van der Waals surface area contributed by atoms with Gasteiger partial charge in [-0.1, -0.05) is 20.8 Å². The molecule has 0 amide bonds. The second-order valence-corrected chi connectivity index (χ2v) is 4.16. The molecule has 1 nitrogen and oxygen atoms in total. The van der Waals surface area contributed by atoms with Gasteiger partial charge in [0.15, 0.2) is 0 Å². The van der Waals surface area contributed by atoms with E-state index in [4.69, 9.17) is 0 Å². The third-order valence-electron chi connectivity index (χ3n) is 3.04. The quantitative estimate of drug-likeness (QED) is 0.620. The molecule has 0 saturated carbocycles. The van der Waals surface area contributed by atoms with E-state index in [1.807, 2.05) is 13.8 Å². The first-order valence-electron chi connectivity index (χ1n) is 5.00. The summed E-state index contributed by atoms with van der Waals surface area (Å²) in [5, 5.41) is 0. The fourth-order valence-electron chi connectivity index (χ4n) is 1.87. The van der Waals surface area contributed by atoms with Crippen LogP contribution in [0, 0.1) is 5.92 Å². The molecule has 0 radical (unpaired) electrons. The summed E-state index contributed by atoms with van der Waals surface area (Å²) < 4.78 is 14.1. The lowest BCUT2D eigenvalue weighted by molar-refractivity contribution is 0.0103. The molecule has 72 valence electrons. The summed E-state index contributed by atoms with van der Waals surface area (Å²) in [5.41, 5.74) is -0.922. The van der Waals surface area contributed by atoms with E-state index in [2.05, 4.69) is 11.8 Å². The SMILES string of the molecule is CCN1CCC[C@@](F)(C(C)C)C1. The summed E-state index contributed by atoms with van der Waals surface area (Å²) in [5.74, 6) is 0.159. The van der Waals surface area contributed by atoms with Gasteiger partial charge in [-0.25, -0.2) is 4.39 Å². The molecule has 0 aromatic heterocycles. The van der Waals surface area contributed by atoms with Crippen LogP contribution >= 0.6 is 0 Å². The first-order chi connectivity index (χ1) is 5.58. The minimum atomic E-state index is -0.922. The maximum absolute atomic E-state index is 14.1. The molecule has 1 saturated heterocycles. The second kappa shape index (κ2) is 3.73. The van der Waals surface area contributed by atoms with Crippen molar-refractivity contribution in [1.29, 1.82) is 0 Å². The van der Waals surface area contributed by atoms with E-state index in [1.165, 1.54) is 0 Å². The van der Waals surface area contributed by atoms with Gasteiger partial charge in [0.1, 0.15) is 5.67 Å². The molecular formula is C10H20FN. The summed E-state index contributed by atoms with van der Waals surface area (Å²) >= 11 is 0. The third-order valence-corrected chi connectivity index (χ3v) is 3.04. The summed E-state index contributed by atoms with van der Waals surface area (Å²) in [6.45, 7) is 8.78. The Morgan fingerprint density at radius 3 is 2.67 bits per heavy atom. The molecule has 1 heterocycles. The number of alkyl halides is 1. The summed E-state index contributed by atoms with van der Waals surface area (Å²) in [6, 6.07) is 0. The van der Waals surface area contributed by atoms with Crippen LogP contribution < -0.4 is 0 Å². The van der Waals surface area contributed by atoms with Crippen molar-refractivity contribution >= 4 is 0 Å². The van der Waals surface area contributed by atoms with Gasteiger partial charge in [-0.2, -0.15) is 0 Å². The molecule has 1 rings (SSSR count). The van der Waals surface area contributed by atoms with Crippen LogP contribution in [0.25, 0.3) is 0 Å². The summed E-state index contributed by atoms with van der Waals surface area (Å²) in [4.78, 5) is 2.21. The minimum Gasteiger partial charge on any atom is -0.300 e. The average molecular weight is 173 g/mol. The predicted octanol–water partition coefficient (Wildman–Crippen LogP) is 2.47. The van der Waals surface area contributed by atoms with Crippen molar-refractivity contribution < 1.29 is 4.39 Å². The third kappa shape index (κ3) is 1.98. The maximum Gasteiger partial charge on any atom is 0.126 e. The number of rotatable bonds is 2. The van der Waals surface area contributed by atoms with Crippen LogP contribution in [0.5, 0.6) is 0 Å². The van der Waals surface area contributed by atoms with Gasteiger partial charge in [0.05, 0.1) is 0 Å². The molecule has 1 aliphatic rings. The molecule has 0 bridgehead atoms. The molecule has 12 heavy (non-hydrogen) atoms. The Balaban J connectivity index is 2.54. The van der Waals surface area contributed by atoms with Gasteiger partial charge < -0.3 is 4.90 Å². The molecule has 1 aliphatic heterocycles. The van der Waals surface area contributed by atoms with Crippen LogP contribution in [0.15, 0.2) is 0 Å². The van der Waals surface area contributed by atoms with Gasteiger partial charge in [-0.15, -0.1) is 0 Å². The smallest absolute Gasteiger partial charge is 0.126 e. The zero-order valence-corrected chi connectivity index (χ0v) is 8.44. The highest BCUT2D eigenvalue weighted by molar-refractivity contribution is 4.89. The Bertz CT molecular complexity index is 147. The molecule has 0 aromatic carbocycles. The lowest BCUT2D eigenvalue weighted by atomic mass is 9.84. The highest BCUT2D eigenvalue weighted by atomic mass is 19.1. The molecule has 1 atom stereocenters. The number of piperidine rings is 1. The molecular weight excluding hydrogens is 153 g/mol. The van der Waals surface area contributed by atoms with Gasteiger partial charge in [0.25, 0.3) is 0 Å². The highest BCUT2D eigenvalue weighted by Crippen LogP contribution is 2.31. The van der Waals surface area contributed by atoms with Crippen molar-refractivity contribution in [3.05, 3.63) is 0 Å². The van der Waals surface area contributed by atoms with E-state index < -0.39 is 5.67 Å². The average Bonchev–Trinajstić information content (AvgIpc) is 2.04. The Kier molecular flexibility index (Phi) is 3.10. The fraction of sp³-hybridized carbons (Fsp3) is 1.00. The highest BCUT2D eigenvalue weighted by Gasteiger charge is 2.37. The lowest BCUT2D eigenvalue weighted by Crippen LogP contribution is -2.48. The molecule has 0 N–H and O–H groups in total. The van der Waals surface area contributed by atoms with Gasteiger partial charge in [-0.3, -0.25) is 0 Å². The number of halogens is 1. The Hall–Kier alpha value is -0.110. The van der Waals surface area contributed by atoms with Gasteiger partial charge in [0.2, 0.25) is 0 Å². The van der Waals surface area contributed by atoms with Crippen LogP contribution in [0.4, 0.5) is 4.39 Å². The largest absolute Gasteiger partial charge is 0.300 e. The number of hydrogen-bond acceptors (Lipinski definition) is 1. The fourth-order valence-corrected chi connectivity index (χ4v) is 1.87. The van der Waals surface area contributed by atoms with Crippen molar-refractivity contribution in [2.75, 3.05) is 19.6 Å².